The second-order valence-corrected chi connectivity index (χ2v) is 6.59. The summed E-state index contributed by atoms with van der Waals surface area (Å²) < 4.78 is 5.09. The predicted molar refractivity (Wildman–Crippen MR) is 96.3 cm³/mol. The van der Waals surface area contributed by atoms with Gasteiger partial charge < -0.3 is 9.84 Å². The first-order valence-corrected chi connectivity index (χ1v) is 8.88. The lowest BCUT2D eigenvalue weighted by atomic mass is 10.2. The Balaban J connectivity index is 1.49. The Morgan fingerprint density at radius 2 is 2.12 bits per heavy atom. The summed E-state index contributed by atoms with van der Waals surface area (Å²) in [6, 6.07) is 11.1. The van der Waals surface area contributed by atoms with E-state index in [0.29, 0.717) is 23.3 Å². The van der Waals surface area contributed by atoms with Crippen LogP contribution in [0.25, 0.3) is 11.5 Å². The van der Waals surface area contributed by atoms with Gasteiger partial charge >= 0.3 is 0 Å². The number of nitrogens with one attached hydrogen (secondary N) is 1. The van der Waals surface area contributed by atoms with Crippen LogP contribution in [0.2, 0.25) is 5.02 Å². The highest BCUT2D eigenvalue weighted by Gasteiger charge is 2.08. The Morgan fingerprint density at radius 3 is 2.80 bits per heavy atom. The van der Waals surface area contributed by atoms with E-state index in [9.17, 15) is 4.79 Å². The Morgan fingerprint density at radius 1 is 1.28 bits per heavy atom. The van der Waals surface area contributed by atoms with Gasteiger partial charge in [0.15, 0.2) is 5.82 Å². The van der Waals surface area contributed by atoms with Gasteiger partial charge in [-0.2, -0.15) is 4.98 Å². The minimum Gasteiger partial charge on any atom is -0.351 e. The average Bonchev–Trinajstić information content (AvgIpc) is 3.06. The van der Waals surface area contributed by atoms with Crippen LogP contribution >= 0.6 is 23.4 Å². The Hall–Kier alpha value is -2.38. The van der Waals surface area contributed by atoms with E-state index < -0.39 is 0 Å². The highest BCUT2D eigenvalue weighted by Crippen LogP contribution is 2.20. The number of thioether (sulfide) groups is 1. The van der Waals surface area contributed by atoms with Crippen LogP contribution in [-0.4, -0.2) is 26.8 Å². The molecule has 3 aromatic rings. The quantitative estimate of drug-likeness (QED) is 0.665. The van der Waals surface area contributed by atoms with E-state index in [1.807, 2.05) is 30.3 Å². The molecule has 0 spiro atoms. The molecule has 1 N–H and O–H groups in total. The number of aryl methyl sites for hydroxylation is 1. The number of benzene rings is 1. The number of carbonyl (C=O) groups is 1. The van der Waals surface area contributed by atoms with E-state index in [4.69, 9.17) is 16.1 Å². The molecule has 1 aromatic carbocycles. The lowest BCUT2D eigenvalue weighted by Gasteiger charge is -2.06. The Bertz CT molecular complexity index is 867. The summed E-state index contributed by atoms with van der Waals surface area (Å²) >= 11 is 7.42. The van der Waals surface area contributed by atoms with Crippen molar-refractivity contribution in [3.63, 3.8) is 0 Å². The second kappa shape index (κ2) is 8.13. The van der Waals surface area contributed by atoms with Gasteiger partial charge in [-0.05, 0) is 30.7 Å². The number of hydrogen-bond donors (Lipinski definition) is 1. The minimum absolute atomic E-state index is 0.0803. The second-order valence-electron chi connectivity index (χ2n) is 5.19. The molecule has 0 unspecified atom stereocenters. The van der Waals surface area contributed by atoms with Crippen LogP contribution in [-0.2, 0) is 11.3 Å². The zero-order valence-electron chi connectivity index (χ0n) is 13.4. The number of amides is 1. The SMILES string of the molecule is Cc1noc(-c2ccc(SCC(=O)NCc3ccccc3Cl)nc2)n1. The van der Waals surface area contributed by atoms with Crippen LogP contribution in [0.15, 0.2) is 52.1 Å². The van der Waals surface area contributed by atoms with Gasteiger partial charge in [-0.15, -0.1) is 0 Å². The van der Waals surface area contributed by atoms with Gasteiger partial charge in [0.2, 0.25) is 5.91 Å². The monoisotopic (exact) mass is 374 g/mol. The number of halogens is 1. The molecule has 0 fully saturated rings. The normalized spacial score (nSPS) is 10.6. The molecule has 25 heavy (non-hydrogen) atoms. The van der Waals surface area contributed by atoms with E-state index in [1.165, 1.54) is 11.8 Å². The molecule has 0 atom stereocenters. The molecule has 2 aromatic heterocycles. The van der Waals surface area contributed by atoms with Crippen LogP contribution in [0, 0.1) is 6.92 Å². The smallest absolute Gasteiger partial charge is 0.259 e. The van der Waals surface area contributed by atoms with E-state index in [2.05, 4.69) is 20.4 Å². The van der Waals surface area contributed by atoms with Crippen molar-refractivity contribution in [3.05, 3.63) is 59.0 Å². The molecule has 0 aliphatic heterocycles. The molecular formula is C17H15ClN4O2S. The van der Waals surface area contributed by atoms with E-state index in [0.717, 1.165) is 16.2 Å². The first-order chi connectivity index (χ1) is 12.1. The summed E-state index contributed by atoms with van der Waals surface area (Å²) in [5, 5.41) is 7.98. The molecule has 0 saturated heterocycles. The standard InChI is InChI=1S/C17H15ClN4O2S/c1-11-21-17(24-22-11)13-6-7-16(20-9-13)25-10-15(23)19-8-12-4-2-3-5-14(12)18/h2-7,9H,8,10H2,1H3,(H,19,23). The van der Waals surface area contributed by atoms with Crippen molar-refractivity contribution in [1.29, 1.82) is 0 Å². The molecule has 0 bridgehead atoms. The molecule has 1 amide bonds. The fourth-order valence-corrected chi connectivity index (χ4v) is 2.91. The number of rotatable bonds is 6. The fourth-order valence-electron chi connectivity index (χ4n) is 2.03. The molecular weight excluding hydrogens is 360 g/mol. The maximum absolute atomic E-state index is 12.0. The summed E-state index contributed by atoms with van der Waals surface area (Å²) in [6.45, 7) is 2.16. The number of aromatic nitrogens is 3. The molecule has 0 saturated carbocycles. The van der Waals surface area contributed by atoms with Gasteiger partial charge in [0.25, 0.3) is 5.89 Å². The number of pyridine rings is 1. The van der Waals surface area contributed by atoms with Gasteiger partial charge in [0.05, 0.1) is 16.3 Å². The van der Waals surface area contributed by atoms with E-state index in [-0.39, 0.29) is 11.7 Å². The van der Waals surface area contributed by atoms with Crippen molar-refractivity contribution in [2.45, 2.75) is 18.5 Å². The third-order valence-electron chi connectivity index (χ3n) is 3.30. The van der Waals surface area contributed by atoms with E-state index in [1.54, 1.807) is 19.2 Å². The van der Waals surface area contributed by atoms with Gasteiger partial charge in [-0.25, -0.2) is 4.98 Å². The molecule has 0 radical (unpaired) electrons. The molecule has 6 nitrogen and oxygen atoms in total. The minimum atomic E-state index is -0.0803. The highest BCUT2D eigenvalue weighted by molar-refractivity contribution is 7.99. The van der Waals surface area contributed by atoms with Crippen molar-refractivity contribution in [1.82, 2.24) is 20.4 Å². The summed E-state index contributed by atoms with van der Waals surface area (Å²) in [6.07, 6.45) is 1.65. The molecule has 128 valence electrons. The molecule has 0 aliphatic rings. The van der Waals surface area contributed by atoms with Crippen molar-refractivity contribution in [2.75, 3.05) is 5.75 Å². The van der Waals surface area contributed by atoms with Crippen molar-refractivity contribution in [2.24, 2.45) is 0 Å². The van der Waals surface area contributed by atoms with E-state index >= 15 is 0 Å². The molecule has 2 heterocycles. The topological polar surface area (TPSA) is 80.9 Å². The summed E-state index contributed by atoms with van der Waals surface area (Å²) in [5.74, 6) is 1.20. The van der Waals surface area contributed by atoms with Gasteiger partial charge in [-0.3, -0.25) is 4.79 Å². The van der Waals surface area contributed by atoms with Crippen molar-refractivity contribution < 1.29 is 9.32 Å². The third-order valence-corrected chi connectivity index (χ3v) is 4.61. The maximum Gasteiger partial charge on any atom is 0.259 e. The Labute approximate surface area is 154 Å². The number of nitrogens with zero attached hydrogens (tertiary/aromatic N) is 3. The van der Waals surface area contributed by atoms with Crippen LogP contribution < -0.4 is 5.32 Å². The number of carbonyl (C=O) groups excluding carboxylic acids is 1. The van der Waals surface area contributed by atoms with Crippen LogP contribution in [0.3, 0.4) is 0 Å². The first kappa shape index (κ1) is 17.4. The molecule has 8 heteroatoms. The fraction of sp³-hybridized carbons (Fsp3) is 0.176. The summed E-state index contributed by atoms with van der Waals surface area (Å²) in [7, 11) is 0. The molecule has 3 rings (SSSR count). The maximum atomic E-state index is 12.0. The summed E-state index contributed by atoms with van der Waals surface area (Å²) in [5.41, 5.74) is 1.63. The highest BCUT2D eigenvalue weighted by atomic mass is 35.5. The molecule has 0 aliphatic carbocycles. The predicted octanol–water partition coefficient (Wildman–Crippen LogP) is 3.50. The lowest BCUT2D eigenvalue weighted by Crippen LogP contribution is -2.24. The third kappa shape index (κ3) is 4.80. The Kier molecular flexibility index (Phi) is 5.67. The van der Waals surface area contributed by atoms with Gasteiger partial charge in [0, 0.05) is 17.8 Å². The largest absolute Gasteiger partial charge is 0.351 e. The first-order valence-electron chi connectivity index (χ1n) is 7.51. The number of hydrogen-bond acceptors (Lipinski definition) is 6. The zero-order chi connectivity index (χ0) is 17.6. The van der Waals surface area contributed by atoms with Gasteiger partial charge in [-0.1, -0.05) is 46.7 Å². The van der Waals surface area contributed by atoms with Gasteiger partial charge in [0.1, 0.15) is 0 Å². The van der Waals surface area contributed by atoms with Crippen LogP contribution in [0.1, 0.15) is 11.4 Å². The summed E-state index contributed by atoms with van der Waals surface area (Å²) in [4.78, 5) is 20.4. The average molecular weight is 375 g/mol. The van der Waals surface area contributed by atoms with Crippen molar-refractivity contribution in [3.8, 4) is 11.5 Å². The van der Waals surface area contributed by atoms with Crippen molar-refractivity contribution >= 4 is 29.3 Å². The zero-order valence-corrected chi connectivity index (χ0v) is 15.0. The van der Waals surface area contributed by atoms with Crippen LogP contribution in [0.4, 0.5) is 0 Å². The lowest BCUT2D eigenvalue weighted by molar-refractivity contribution is -0.118. The van der Waals surface area contributed by atoms with Crippen LogP contribution in [0.5, 0.6) is 0 Å².